The van der Waals surface area contributed by atoms with E-state index < -0.39 is 23.6 Å². The third kappa shape index (κ3) is 6.06. The molecule has 1 saturated heterocycles. The van der Waals surface area contributed by atoms with Gasteiger partial charge in [0, 0.05) is 31.1 Å². The molecule has 3 rings (SSSR count). The van der Waals surface area contributed by atoms with Gasteiger partial charge >= 0.3 is 6.18 Å². The molecule has 2 amide bonds. The lowest BCUT2D eigenvalue weighted by Gasteiger charge is -2.19. The Kier molecular flexibility index (Phi) is 7.66. The van der Waals surface area contributed by atoms with Gasteiger partial charge in [-0.05, 0) is 42.2 Å². The number of nitrogens with one attached hydrogen (secondary N) is 1. The smallest absolute Gasteiger partial charge is 0.416 e. The number of likely N-dealkylation sites (tertiary alicyclic amines) is 1. The van der Waals surface area contributed by atoms with Crippen molar-refractivity contribution >= 4 is 11.8 Å². The molecular formula is C25H29F3N2O3. The summed E-state index contributed by atoms with van der Waals surface area (Å²) >= 11 is 0. The van der Waals surface area contributed by atoms with Gasteiger partial charge in [0.15, 0.2) is 0 Å². The lowest BCUT2D eigenvalue weighted by atomic mass is 9.87. The zero-order chi connectivity index (χ0) is 24.2. The van der Waals surface area contributed by atoms with E-state index in [2.05, 4.69) is 5.32 Å². The summed E-state index contributed by atoms with van der Waals surface area (Å²) in [5.41, 5.74) is 0.0318. The number of alkyl halides is 3. The second-order valence-electron chi connectivity index (χ2n) is 8.75. The van der Waals surface area contributed by atoms with Crippen molar-refractivity contribution < 1.29 is 27.5 Å². The molecule has 1 aliphatic rings. The Balaban J connectivity index is 1.88. The predicted octanol–water partition coefficient (Wildman–Crippen LogP) is 4.73. The molecule has 2 atom stereocenters. The summed E-state index contributed by atoms with van der Waals surface area (Å²) in [6.45, 7) is 4.85. The van der Waals surface area contributed by atoms with Crippen molar-refractivity contribution in [3.8, 4) is 5.75 Å². The molecule has 1 aliphatic heterocycles. The summed E-state index contributed by atoms with van der Waals surface area (Å²) in [4.78, 5) is 27.7. The second kappa shape index (κ2) is 10.3. The van der Waals surface area contributed by atoms with Gasteiger partial charge in [0.05, 0.1) is 18.6 Å². The minimum absolute atomic E-state index is 0.129. The summed E-state index contributed by atoms with van der Waals surface area (Å²) in [7, 11) is 1.50. The van der Waals surface area contributed by atoms with E-state index in [1.807, 2.05) is 13.8 Å². The molecule has 8 heteroatoms. The van der Waals surface area contributed by atoms with E-state index in [0.717, 1.165) is 18.6 Å². The van der Waals surface area contributed by atoms with Gasteiger partial charge in [-0.15, -0.1) is 0 Å². The van der Waals surface area contributed by atoms with E-state index in [1.54, 1.807) is 30.3 Å². The summed E-state index contributed by atoms with van der Waals surface area (Å²) < 4.78 is 45.1. The first-order valence-electron chi connectivity index (χ1n) is 11.0. The fraction of sp³-hybridized carbons (Fsp3) is 0.440. The molecular weight excluding hydrogens is 433 g/mol. The molecule has 2 aromatic rings. The molecule has 0 spiro atoms. The lowest BCUT2D eigenvalue weighted by molar-refractivity contribution is -0.137. The van der Waals surface area contributed by atoms with Crippen LogP contribution in [-0.4, -0.2) is 43.5 Å². The van der Waals surface area contributed by atoms with Crippen LogP contribution >= 0.6 is 0 Å². The number of carbonyl (C=O) groups excluding carboxylic acids is 2. The van der Waals surface area contributed by atoms with Gasteiger partial charge in [-0.3, -0.25) is 9.59 Å². The van der Waals surface area contributed by atoms with Crippen molar-refractivity contribution in [2.45, 2.75) is 32.4 Å². The summed E-state index contributed by atoms with van der Waals surface area (Å²) in [5.74, 6) is -0.796. The first kappa shape index (κ1) is 24.6. The Bertz CT molecular complexity index is 991. The third-order valence-electron chi connectivity index (χ3n) is 5.92. The van der Waals surface area contributed by atoms with E-state index >= 15 is 0 Å². The van der Waals surface area contributed by atoms with Crippen LogP contribution in [0.3, 0.4) is 0 Å². The van der Waals surface area contributed by atoms with Crippen molar-refractivity contribution in [2.75, 3.05) is 26.7 Å². The number of hydrogen-bond donors (Lipinski definition) is 1. The zero-order valence-corrected chi connectivity index (χ0v) is 19.0. The maximum absolute atomic E-state index is 13.3. The highest BCUT2D eigenvalue weighted by molar-refractivity contribution is 5.95. The molecule has 0 radical (unpaired) electrons. The van der Waals surface area contributed by atoms with E-state index in [9.17, 15) is 22.8 Å². The summed E-state index contributed by atoms with van der Waals surface area (Å²) in [5, 5.41) is 2.90. The second-order valence-corrected chi connectivity index (χ2v) is 8.75. The molecule has 178 valence electrons. The number of carbonyl (C=O) groups is 2. The highest BCUT2D eigenvalue weighted by Crippen LogP contribution is 2.37. The normalized spacial score (nSPS) is 18.5. The van der Waals surface area contributed by atoms with Gasteiger partial charge < -0.3 is 15.0 Å². The maximum Gasteiger partial charge on any atom is 0.416 e. The van der Waals surface area contributed by atoms with Crippen LogP contribution in [0.15, 0.2) is 48.5 Å². The van der Waals surface area contributed by atoms with Crippen LogP contribution in [0.4, 0.5) is 13.2 Å². The van der Waals surface area contributed by atoms with E-state index in [-0.39, 0.29) is 24.9 Å². The molecule has 0 aliphatic carbocycles. The molecule has 2 aromatic carbocycles. The molecule has 1 fully saturated rings. The fourth-order valence-electron chi connectivity index (χ4n) is 4.07. The van der Waals surface area contributed by atoms with Crippen LogP contribution in [0.25, 0.3) is 0 Å². The Morgan fingerprint density at radius 3 is 2.52 bits per heavy atom. The van der Waals surface area contributed by atoms with Crippen LogP contribution in [-0.2, 0) is 11.0 Å². The predicted molar refractivity (Wildman–Crippen MR) is 119 cm³/mol. The number of methoxy groups -OCH3 is 1. The number of nitrogens with zero attached hydrogens (tertiary/aromatic N) is 1. The number of ether oxygens (including phenoxy) is 1. The van der Waals surface area contributed by atoms with Crippen LogP contribution in [0.2, 0.25) is 0 Å². The number of halogens is 3. The van der Waals surface area contributed by atoms with Crippen LogP contribution < -0.4 is 10.1 Å². The standard InChI is InChI=1S/C25H29F3N2O3/c1-16(2)10-11-29-23(31)22-15-30(24(32)18-7-5-9-20(13-18)33-3)14-21(22)17-6-4-8-19(12-17)25(26,27)28/h4-9,12-13,16,21-22H,10-11,14-15H2,1-3H3,(H,29,31)/t21-,22-/m0/s1. The zero-order valence-electron chi connectivity index (χ0n) is 19.0. The minimum atomic E-state index is -4.49. The topological polar surface area (TPSA) is 58.6 Å². The molecule has 5 nitrogen and oxygen atoms in total. The molecule has 1 N–H and O–H groups in total. The van der Waals surface area contributed by atoms with Crippen LogP contribution in [0.5, 0.6) is 5.75 Å². The summed E-state index contributed by atoms with van der Waals surface area (Å²) in [6, 6.07) is 11.7. The summed E-state index contributed by atoms with van der Waals surface area (Å²) in [6.07, 6.45) is -3.70. The number of benzene rings is 2. The van der Waals surface area contributed by atoms with E-state index in [1.165, 1.54) is 18.1 Å². The Morgan fingerprint density at radius 1 is 1.12 bits per heavy atom. The SMILES string of the molecule is COc1cccc(C(=O)N2C[C@H](C(=O)NCCC(C)C)[C@H](c3cccc(C(F)(F)F)c3)C2)c1. The highest BCUT2D eigenvalue weighted by atomic mass is 19.4. The molecule has 0 unspecified atom stereocenters. The molecule has 0 saturated carbocycles. The van der Waals surface area contributed by atoms with Gasteiger partial charge in [-0.2, -0.15) is 13.2 Å². The van der Waals surface area contributed by atoms with Crippen LogP contribution in [0, 0.1) is 11.8 Å². The average molecular weight is 463 g/mol. The largest absolute Gasteiger partial charge is 0.497 e. The van der Waals surface area contributed by atoms with Gasteiger partial charge in [0.1, 0.15) is 5.75 Å². The van der Waals surface area contributed by atoms with Gasteiger partial charge in [0.2, 0.25) is 5.91 Å². The Hall–Kier alpha value is -3.03. The van der Waals surface area contributed by atoms with Crippen molar-refractivity contribution in [3.63, 3.8) is 0 Å². The number of amides is 2. The van der Waals surface area contributed by atoms with E-state index in [4.69, 9.17) is 4.74 Å². The van der Waals surface area contributed by atoms with Gasteiger partial charge in [-0.25, -0.2) is 0 Å². The Labute approximate surface area is 191 Å². The van der Waals surface area contributed by atoms with E-state index in [0.29, 0.717) is 29.3 Å². The highest BCUT2D eigenvalue weighted by Gasteiger charge is 2.41. The maximum atomic E-state index is 13.3. The number of hydrogen-bond acceptors (Lipinski definition) is 3. The molecule has 1 heterocycles. The van der Waals surface area contributed by atoms with Crippen molar-refractivity contribution in [2.24, 2.45) is 11.8 Å². The Morgan fingerprint density at radius 2 is 1.85 bits per heavy atom. The molecule has 33 heavy (non-hydrogen) atoms. The molecule has 0 aromatic heterocycles. The minimum Gasteiger partial charge on any atom is -0.497 e. The average Bonchev–Trinajstić information content (AvgIpc) is 3.23. The third-order valence-corrected chi connectivity index (χ3v) is 5.92. The quantitative estimate of drug-likeness (QED) is 0.647. The first-order chi connectivity index (χ1) is 15.6. The molecule has 0 bridgehead atoms. The van der Waals surface area contributed by atoms with Crippen molar-refractivity contribution in [1.29, 1.82) is 0 Å². The fourth-order valence-corrected chi connectivity index (χ4v) is 4.07. The first-order valence-corrected chi connectivity index (χ1v) is 11.0. The van der Waals surface area contributed by atoms with Crippen molar-refractivity contribution in [1.82, 2.24) is 10.2 Å². The van der Waals surface area contributed by atoms with Gasteiger partial charge in [0.25, 0.3) is 5.91 Å². The van der Waals surface area contributed by atoms with Crippen molar-refractivity contribution in [3.05, 3.63) is 65.2 Å². The monoisotopic (exact) mass is 462 g/mol. The lowest BCUT2D eigenvalue weighted by Crippen LogP contribution is -2.36. The van der Waals surface area contributed by atoms with Crippen LogP contribution in [0.1, 0.15) is 47.7 Å². The number of rotatable bonds is 7. The van der Waals surface area contributed by atoms with Gasteiger partial charge in [-0.1, -0.05) is 38.1 Å².